The average Bonchev–Trinajstić information content (AvgIpc) is 3.19. The number of Topliss-reactive ketones (excluding diaryl/α,β-unsaturated/α-hetero) is 1. The fourth-order valence-corrected chi connectivity index (χ4v) is 5.66. The lowest BCUT2D eigenvalue weighted by atomic mass is 10.1. The SMILES string of the molecule is Cc1ccc(S(=O)(=O)NCC(=O)N(C)CCCn2c(=N)n(CC(=O)c3ccc(Cl)cc3)c3cccc(Cl)c32)cc1. The summed E-state index contributed by atoms with van der Waals surface area (Å²) in [6.45, 7) is 2.11. The number of carbonyl (C=O) groups excluding carboxylic acids is 2. The number of amides is 1. The van der Waals surface area contributed by atoms with Crippen molar-refractivity contribution in [1.29, 1.82) is 5.41 Å². The first-order chi connectivity index (χ1) is 19.0. The molecule has 1 aromatic heterocycles. The van der Waals surface area contributed by atoms with Gasteiger partial charge in [-0.1, -0.05) is 47.0 Å². The maximum atomic E-state index is 12.9. The number of aromatic nitrogens is 2. The third-order valence-corrected chi connectivity index (χ3v) is 8.53. The van der Waals surface area contributed by atoms with Crippen LogP contribution in [0.25, 0.3) is 11.0 Å². The van der Waals surface area contributed by atoms with Gasteiger partial charge in [-0.15, -0.1) is 0 Å². The molecule has 0 atom stereocenters. The second kappa shape index (κ2) is 12.4. The highest BCUT2D eigenvalue weighted by Crippen LogP contribution is 2.23. The zero-order valence-electron chi connectivity index (χ0n) is 22.0. The summed E-state index contributed by atoms with van der Waals surface area (Å²) in [6.07, 6.45) is 0.471. The number of hydrogen-bond acceptors (Lipinski definition) is 5. The van der Waals surface area contributed by atoms with Crippen molar-refractivity contribution in [3.63, 3.8) is 0 Å². The third-order valence-electron chi connectivity index (χ3n) is 6.55. The van der Waals surface area contributed by atoms with E-state index in [1.54, 1.807) is 70.8 Å². The molecule has 210 valence electrons. The molecule has 0 radical (unpaired) electrons. The molecule has 40 heavy (non-hydrogen) atoms. The molecule has 0 saturated heterocycles. The average molecular weight is 603 g/mol. The topological polar surface area (TPSA) is 117 Å². The van der Waals surface area contributed by atoms with E-state index in [0.29, 0.717) is 46.2 Å². The van der Waals surface area contributed by atoms with Gasteiger partial charge in [0.1, 0.15) is 0 Å². The van der Waals surface area contributed by atoms with Gasteiger partial charge in [-0.25, -0.2) is 13.1 Å². The molecule has 1 heterocycles. The minimum Gasteiger partial charge on any atom is -0.345 e. The number of fused-ring (bicyclic) bond motifs is 1. The van der Waals surface area contributed by atoms with Crippen molar-refractivity contribution >= 4 is 55.9 Å². The van der Waals surface area contributed by atoms with Crippen LogP contribution in [-0.4, -0.2) is 54.3 Å². The minimum absolute atomic E-state index is 0.0518. The lowest BCUT2D eigenvalue weighted by Crippen LogP contribution is -2.39. The number of rotatable bonds is 11. The Labute approximate surface area is 242 Å². The summed E-state index contributed by atoms with van der Waals surface area (Å²) in [6, 6.07) is 18.2. The molecule has 0 saturated carbocycles. The number of hydrogen-bond donors (Lipinski definition) is 2. The van der Waals surface area contributed by atoms with E-state index in [1.807, 2.05) is 6.92 Å². The molecule has 2 N–H and O–H groups in total. The molecule has 4 rings (SSSR count). The molecule has 0 aliphatic heterocycles. The van der Waals surface area contributed by atoms with E-state index in [9.17, 15) is 18.0 Å². The fourth-order valence-electron chi connectivity index (χ4n) is 4.29. The van der Waals surface area contributed by atoms with E-state index in [0.717, 1.165) is 5.56 Å². The Morgan fingerprint density at radius 3 is 2.33 bits per heavy atom. The Morgan fingerprint density at radius 1 is 0.975 bits per heavy atom. The van der Waals surface area contributed by atoms with E-state index < -0.39 is 10.0 Å². The van der Waals surface area contributed by atoms with Crippen LogP contribution < -0.4 is 10.3 Å². The van der Waals surface area contributed by atoms with Gasteiger partial charge in [-0.2, -0.15) is 0 Å². The van der Waals surface area contributed by atoms with Crippen molar-refractivity contribution in [2.75, 3.05) is 20.1 Å². The molecular formula is C28H29Cl2N5O4S. The Hall–Kier alpha value is -3.44. The van der Waals surface area contributed by atoms with Gasteiger partial charge >= 0.3 is 0 Å². The van der Waals surface area contributed by atoms with Crippen LogP contribution in [0, 0.1) is 12.3 Å². The second-order valence-electron chi connectivity index (χ2n) is 9.41. The highest BCUT2D eigenvalue weighted by molar-refractivity contribution is 7.89. The molecule has 0 bridgehead atoms. The monoisotopic (exact) mass is 601 g/mol. The normalized spacial score (nSPS) is 11.6. The van der Waals surface area contributed by atoms with Gasteiger partial charge in [-0.3, -0.25) is 15.0 Å². The standard InChI is InChI=1S/C28H29Cl2N5O4S/c1-19-7-13-22(14-8-19)40(38,39)32-17-26(37)33(2)15-4-16-34-27-23(30)5-3-6-24(27)35(28(34)31)18-25(36)20-9-11-21(29)12-10-20/h3,5-14,31-32H,4,15-18H2,1-2H3. The second-order valence-corrected chi connectivity index (χ2v) is 12.0. The van der Waals surface area contributed by atoms with Crippen LogP contribution >= 0.6 is 23.2 Å². The van der Waals surface area contributed by atoms with Crippen LogP contribution in [-0.2, 0) is 27.9 Å². The number of carbonyl (C=O) groups is 2. The summed E-state index contributed by atoms with van der Waals surface area (Å²) < 4.78 is 30.7. The molecule has 9 nitrogen and oxygen atoms in total. The van der Waals surface area contributed by atoms with Crippen LogP contribution in [0.15, 0.2) is 71.6 Å². The third kappa shape index (κ3) is 6.64. The number of aryl methyl sites for hydroxylation is 2. The molecule has 4 aromatic rings. The minimum atomic E-state index is -3.81. The van der Waals surface area contributed by atoms with Crippen molar-refractivity contribution < 1.29 is 18.0 Å². The zero-order valence-corrected chi connectivity index (χ0v) is 24.4. The number of benzene rings is 3. The van der Waals surface area contributed by atoms with Gasteiger partial charge in [0, 0.05) is 30.7 Å². The first kappa shape index (κ1) is 29.5. The smallest absolute Gasteiger partial charge is 0.241 e. The Morgan fingerprint density at radius 2 is 1.65 bits per heavy atom. The molecule has 0 aliphatic rings. The molecule has 12 heteroatoms. The van der Waals surface area contributed by atoms with Crippen LogP contribution in [0.2, 0.25) is 10.0 Å². The quantitative estimate of drug-likeness (QED) is 0.250. The highest BCUT2D eigenvalue weighted by Gasteiger charge is 2.19. The predicted octanol–water partition coefficient (Wildman–Crippen LogP) is 4.25. The number of ketones is 1. The molecule has 0 fully saturated rings. The van der Waals surface area contributed by atoms with Gasteiger partial charge in [0.05, 0.1) is 34.0 Å². The van der Waals surface area contributed by atoms with Gasteiger partial charge < -0.3 is 14.0 Å². The number of para-hydroxylation sites is 1. The largest absolute Gasteiger partial charge is 0.345 e. The summed E-state index contributed by atoms with van der Waals surface area (Å²) in [4.78, 5) is 27.1. The molecule has 1 amide bonds. The van der Waals surface area contributed by atoms with E-state index in [-0.39, 0.29) is 35.3 Å². The lowest BCUT2D eigenvalue weighted by Gasteiger charge is -2.18. The van der Waals surface area contributed by atoms with Crippen molar-refractivity contribution in [2.45, 2.75) is 31.3 Å². The molecule has 3 aromatic carbocycles. The summed E-state index contributed by atoms with van der Waals surface area (Å²) in [5, 5.41) is 9.77. The number of nitrogens with one attached hydrogen (secondary N) is 2. The summed E-state index contributed by atoms with van der Waals surface area (Å²) in [5.74, 6) is -0.562. The van der Waals surface area contributed by atoms with Crippen molar-refractivity contribution in [3.8, 4) is 0 Å². The number of nitrogens with zero attached hydrogens (tertiary/aromatic N) is 3. The van der Waals surface area contributed by atoms with Gasteiger partial charge in [0.2, 0.25) is 21.5 Å². The van der Waals surface area contributed by atoms with Crippen molar-refractivity contribution in [1.82, 2.24) is 18.8 Å². The molecule has 0 spiro atoms. The molecule has 0 unspecified atom stereocenters. The number of halogens is 2. The Bertz CT molecular complexity index is 1710. The van der Waals surface area contributed by atoms with E-state index >= 15 is 0 Å². The summed E-state index contributed by atoms with van der Waals surface area (Å²) in [5.41, 5.74) is 2.79. The first-order valence-electron chi connectivity index (χ1n) is 12.5. The summed E-state index contributed by atoms with van der Waals surface area (Å²) >= 11 is 12.4. The number of likely N-dealkylation sites (N-methyl/N-ethyl adjacent to an activating group) is 1. The van der Waals surface area contributed by atoms with Crippen molar-refractivity contribution in [2.24, 2.45) is 0 Å². The zero-order chi connectivity index (χ0) is 29.0. The number of imidazole rings is 1. The van der Waals surface area contributed by atoms with Crippen molar-refractivity contribution in [3.05, 3.63) is 93.5 Å². The van der Waals surface area contributed by atoms with Crippen LogP contribution in [0.1, 0.15) is 22.3 Å². The van der Waals surface area contributed by atoms with Gasteiger partial charge in [0.15, 0.2) is 5.78 Å². The van der Waals surface area contributed by atoms with E-state index in [4.69, 9.17) is 28.6 Å². The molecule has 0 aliphatic carbocycles. The van der Waals surface area contributed by atoms with Crippen LogP contribution in [0.4, 0.5) is 0 Å². The number of sulfonamides is 1. The van der Waals surface area contributed by atoms with Gasteiger partial charge in [0.25, 0.3) is 0 Å². The maximum absolute atomic E-state index is 12.9. The van der Waals surface area contributed by atoms with Crippen LogP contribution in [0.5, 0.6) is 0 Å². The summed E-state index contributed by atoms with van der Waals surface area (Å²) in [7, 11) is -2.22. The Kier molecular flexibility index (Phi) is 9.15. The van der Waals surface area contributed by atoms with E-state index in [1.165, 1.54) is 17.0 Å². The highest BCUT2D eigenvalue weighted by atomic mass is 35.5. The molecular weight excluding hydrogens is 573 g/mol. The predicted molar refractivity (Wildman–Crippen MR) is 155 cm³/mol. The van der Waals surface area contributed by atoms with Crippen LogP contribution in [0.3, 0.4) is 0 Å². The first-order valence-corrected chi connectivity index (χ1v) is 14.7. The Balaban J connectivity index is 1.42. The van der Waals surface area contributed by atoms with Gasteiger partial charge in [-0.05, 0) is 61.9 Å². The maximum Gasteiger partial charge on any atom is 0.241 e. The fraction of sp³-hybridized carbons (Fsp3) is 0.250. The van der Waals surface area contributed by atoms with E-state index in [2.05, 4.69) is 4.72 Å². The lowest BCUT2D eigenvalue weighted by molar-refractivity contribution is -0.128.